The van der Waals surface area contributed by atoms with E-state index in [1.807, 2.05) is 0 Å². The van der Waals surface area contributed by atoms with Gasteiger partial charge in [0, 0.05) is 0 Å². The summed E-state index contributed by atoms with van der Waals surface area (Å²) in [6.07, 6.45) is 0. The first-order chi connectivity index (χ1) is 9.28. The lowest BCUT2D eigenvalue weighted by atomic mass is 10.3. The molecule has 0 heterocycles. The predicted octanol–water partition coefficient (Wildman–Crippen LogP) is 4.12. The molecule has 0 saturated carbocycles. The average Bonchev–Trinajstić information content (AvgIpc) is 2.44. The van der Waals surface area contributed by atoms with Crippen LogP contribution < -0.4 is 10.6 Å². The Hall–Kier alpha value is -0.780. The van der Waals surface area contributed by atoms with Crippen molar-refractivity contribution >= 4 is 42.6 Å². The molecule has 0 N–H and O–H groups in total. The van der Waals surface area contributed by atoms with Crippen LogP contribution in [0.2, 0.25) is 0 Å². The van der Waals surface area contributed by atoms with E-state index in [0.29, 0.717) is 5.30 Å². The second kappa shape index (κ2) is 5.54. The molecule has 2 aromatic carbocycles. The van der Waals surface area contributed by atoms with Crippen LogP contribution in [0, 0.1) is 29.1 Å². The Morgan fingerprint density at radius 1 is 0.750 bits per heavy atom. The topological polar surface area (TPSA) is 0 Å². The molecule has 0 amide bonds. The molecule has 1 atom stereocenters. The summed E-state index contributed by atoms with van der Waals surface area (Å²) in [5, 5.41) is -0.701. The van der Waals surface area contributed by atoms with Gasteiger partial charge in [-0.05, 0) is 20.8 Å². The van der Waals surface area contributed by atoms with Gasteiger partial charge in [-0.25, -0.2) is 22.0 Å². The summed E-state index contributed by atoms with van der Waals surface area (Å²) in [4.78, 5) is 0. The minimum Gasteiger partial charge on any atom is -0.203 e. The molecule has 106 valence electrons. The van der Waals surface area contributed by atoms with Gasteiger partial charge in [-0.3, -0.25) is 0 Å². The molecule has 0 aromatic heterocycles. The molecule has 0 radical (unpaired) electrons. The smallest absolute Gasteiger partial charge is 0.200 e. The van der Waals surface area contributed by atoms with E-state index < -0.39 is 39.1 Å². The molecule has 1 unspecified atom stereocenters. The van der Waals surface area contributed by atoms with Crippen LogP contribution >= 0.6 is 20.2 Å². The molecule has 0 saturated heterocycles. The lowest BCUT2D eigenvalue weighted by Crippen LogP contribution is -2.23. The van der Waals surface area contributed by atoms with Crippen LogP contribution in [0.3, 0.4) is 0 Å². The maximum atomic E-state index is 13.8. The third-order valence-corrected chi connectivity index (χ3v) is 7.97. The van der Waals surface area contributed by atoms with E-state index in [1.54, 1.807) is 18.2 Å². The quantitative estimate of drug-likeness (QED) is 0.323. The van der Waals surface area contributed by atoms with Crippen LogP contribution in [0.5, 0.6) is 0 Å². The second-order valence-corrected chi connectivity index (χ2v) is 12.1. The Labute approximate surface area is 124 Å². The van der Waals surface area contributed by atoms with E-state index in [1.165, 1.54) is 12.1 Å². The Bertz CT molecular complexity index is 691. The van der Waals surface area contributed by atoms with Gasteiger partial charge in [-0.15, -0.1) is 0 Å². The number of hydrogen-bond acceptors (Lipinski definition) is 1. The van der Waals surface area contributed by atoms with Gasteiger partial charge in [0.25, 0.3) is 0 Å². The van der Waals surface area contributed by atoms with Gasteiger partial charge >= 0.3 is 0 Å². The normalized spacial score (nSPS) is 14.1. The first-order valence-electron chi connectivity index (χ1n) is 5.15. The number of hydrogen-bond donors (Lipinski definition) is 0. The fourth-order valence-corrected chi connectivity index (χ4v) is 5.60. The van der Waals surface area contributed by atoms with Crippen molar-refractivity contribution in [3.63, 3.8) is 0 Å². The highest BCUT2D eigenvalue weighted by Crippen LogP contribution is 2.53. The van der Waals surface area contributed by atoms with E-state index in [0.717, 1.165) is 0 Å². The van der Waals surface area contributed by atoms with Crippen molar-refractivity contribution in [3.05, 3.63) is 59.4 Å². The molecule has 2 rings (SSSR count). The van der Waals surface area contributed by atoms with Crippen LogP contribution in [0.4, 0.5) is 22.0 Å². The molecule has 0 aliphatic rings. The number of rotatable bonds is 2. The van der Waals surface area contributed by atoms with Crippen molar-refractivity contribution in [1.82, 2.24) is 0 Å². The van der Waals surface area contributed by atoms with Crippen molar-refractivity contribution < 1.29 is 22.0 Å². The molecule has 0 spiro atoms. The van der Waals surface area contributed by atoms with Gasteiger partial charge in [0.05, 0.1) is 10.0 Å². The lowest BCUT2D eigenvalue weighted by Gasteiger charge is -2.18. The Morgan fingerprint density at radius 3 is 1.60 bits per heavy atom. The highest BCUT2D eigenvalue weighted by atomic mass is 79.9. The molecule has 0 fully saturated rings. The third kappa shape index (κ3) is 2.43. The fourth-order valence-electron chi connectivity index (χ4n) is 1.59. The zero-order chi connectivity index (χ0) is 15.1. The van der Waals surface area contributed by atoms with E-state index in [2.05, 4.69) is 15.5 Å². The van der Waals surface area contributed by atoms with E-state index in [-0.39, 0.29) is 0 Å². The Morgan fingerprint density at radius 2 is 1.15 bits per heavy atom. The first kappa shape index (κ1) is 15.6. The molecule has 0 aliphatic heterocycles. The third-order valence-electron chi connectivity index (χ3n) is 2.56. The molecular weight excluding hydrogens is 382 g/mol. The minimum atomic E-state index is -3.30. The van der Waals surface area contributed by atoms with Crippen molar-refractivity contribution in [3.8, 4) is 0 Å². The molecule has 0 nitrogen and oxygen atoms in total. The van der Waals surface area contributed by atoms with Gasteiger partial charge in [0.1, 0.15) is 0 Å². The lowest BCUT2D eigenvalue weighted by molar-refractivity contribution is 0.384. The maximum absolute atomic E-state index is 13.8. The standard InChI is InChI=1S/C12H5BrF5PS/c13-19(20,6-4-2-1-3-5-6)12-10(17)8(15)7(14)9(16)11(12)18/h1-5H. The summed E-state index contributed by atoms with van der Waals surface area (Å²) in [5.41, 5.74) is 0. The van der Waals surface area contributed by atoms with Gasteiger partial charge in [-0.1, -0.05) is 42.1 Å². The summed E-state index contributed by atoms with van der Waals surface area (Å²) >= 11 is 8.09. The highest BCUT2D eigenvalue weighted by Gasteiger charge is 2.33. The zero-order valence-electron chi connectivity index (χ0n) is 9.51. The number of benzene rings is 2. The SMILES string of the molecule is Fc1c(F)c(F)c(P(=S)(Br)c2ccccc2)c(F)c1F. The van der Waals surface area contributed by atoms with Crippen molar-refractivity contribution in [2.24, 2.45) is 0 Å². The van der Waals surface area contributed by atoms with Gasteiger partial charge in [0.2, 0.25) is 5.82 Å². The van der Waals surface area contributed by atoms with Crippen LogP contribution in [0.1, 0.15) is 0 Å². The molecule has 2 aromatic rings. The number of halogens is 6. The summed E-state index contributed by atoms with van der Waals surface area (Å²) in [7, 11) is 0. The van der Waals surface area contributed by atoms with Gasteiger partial charge in [-0.2, -0.15) is 0 Å². The monoisotopic (exact) mass is 386 g/mol. The summed E-state index contributed by atoms with van der Waals surface area (Å²) in [6.45, 7) is 0. The van der Waals surface area contributed by atoms with Gasteiger partial charge < -0.3 is 0 Å². The first-order valence-corrected chi connectivity index (χ1v) is 9.98. The van der Waals surface area contributed by atoms with E-state index in [4.69, 9.17) is 11.8 Å². The summed E-state index contributed by atoms with van der Waals surface area (Å²) < 4.78 is 63.8. The summed E-state index contributed by atoms with van der Waals surface area (Å²) in [5.74, 6) is -9.98. The maximum Gasteiger partial charge on any atom is 0.200 e. The van der Waals surface area contributed by atoms with Crippen LogP contribution in [-0.4, -0.2) is 0 Å². The van der Waals surface area contributed by atoms with Crippen molar-refractivity contribution in [2.75, 3.05) is 0 Å². The largest absolute Gasteiger partial charge is 0.203 e. The molecule has 8 heteroatoms. The average molecular weight is 387 g/mol. The Kier molecular flexibility index (Phi) is 4.33. The minimum absolute atomic E-state index is 0.290. The van der Waals surface area contributed by atoms with Crippen LogP contribution in [-0.2, 0) is 11.8 Å². The van der Waals surface area contributed by atoms with Crippen molar-refractivity contribution in [1.29, 1.82) is 0 Å². The Balaban J connectivity index is 2.80. The molecule has 20 heavy (non-hydrogen) atoms. The highest BCUT2D eigenvalue weighted by molar-refractivity contribution is 9.45. The van der Waals surface area contributed by atoms with Gasteiger partial charge in [0.15, 0.2) is 23.3 Å². The zero-order valence-corrected chi connectivity index (χ0v) is 12.8. The van der Waals surface area contributed by atoms with Crippen molar-refractivity contribution in [2.45, 2.75) is 0 Å². The molecule has 0 aliphatic carbocycles. The van der Waals surface area contributed by atoms with E-state index in [9.17, 15) is 22.0 Å². The predicted molar refractivity (Wildman–Crippen MR) is 75.2 cm³/mol. The van der Waals surface area contributed by atoms with Crippen LogP contribution in [0.15, 0.2) is 30.3 Å². The summed E-state index contributed by atoms with van der Waals surface area (Å²) in [6, 6.07) is 7.69. The molecule has 0 bridgehead atoms. The van der Waals surface area contributed by atoms with E-state index >= 15 is 0 Å². The van der Waals surface area contributed by atoms with Crippen LogP contribution in [0.25, 0.3) is 0 Å². The molecular formula is C12H5BrF5PS. The second-order valence-electron chi connectivity index (χ2n) is 3.79. The fraction of sp³-hybridized carbons (Fsp3) is 0.